The highest BCUT2D eigenvalue weighted by atomic mass is 16.2. The van der Waals surface area contributed by atoms with Crippen LogP contribution in [0.1, 0.15) is 13.8 Å². The Hall–Kier alpha value is -2.76. The van der Waals surface area contributed by atoms with Gasteiger partial charge in [-0.25, -0.2) is 4.79 Å². The summed E-state index contributed by atoms with van der Waals surface area (Å²) in [4.78, 5) is 24.3. The van der Waals surface area contributed by atoms with Gasteiger partial charge in [0.1, 0.15) is 5.22 Å². The van der Waals surface area contributed by atoms with Crippen LogP contribution in [0, 0.1) is 0 Å². The minimum Gasteiger partial charge on any atom is -0.266 e. The van der Waals surface area contributed by atoms with Gasteiger partial charge in [-0.2, -0.15) is 5.43 Å². The molecule has 20 heavy (non-hydrogen) atoms. The minimum absolute atomic E-state index is 0.313. The highest BCUT2D eigenvalue weighted by Crippen LogP contribution is 2.09. The molecule has 0 fully saturated rings. The Morgan fingerprint density at radius 3 is 2.10 bits per heavy atom. The van der Waals surface area contributed by atoms with Crippen molar-refractivity contribution in [3.63, 3.8) is 0 Å². The summed E-state index contributed by atoms with van der Waals surface area (Å²) in [7, 11) is 0. The lowest BCUT2D eigenvalue weighted by atomic mass is 10.3. The first-order chi connectivity index (χ1) is 9.41. The zero-order chi connectivity index (χ0) is 15.1. The number of nitrogens with one attached hydrogen (secondary N) is 2. The maximum atomic E-state index is 11.7. The van der Waals surface area contributed by atoms with Crippen LogP contribution in [-0.4, -0.2) is 16.6 Å². The summed E-state index contributed by atoms with van der Waals surface area (Å²) < 4.78 is 0. The van der Waals surface area contributed by atoms with Gasteiger partial charge in [0.25, 0.3) is 5.91 Å². The summed E-state index contributed by atoms with van der Waals surface area (Å²) in [5.41, 5.74) is 6.03. The molecule has 2 amide bonds. The fraction of sp³-hybridized carbons (Fsp3) is 0.143. The van der Waals surface area contributed by atoms with Crippen molar-refractivity contribution in [2.45, 2.75) is 13.8 Å². The van der Waals surface area contributed by atoms with Crippen molar-refractivity contribution in [1.82, 2.24) is 10.9 Å². The summed E-state index contributed by atoms with van der Waals surface area (Å²) in [6.07, 6.45) is 0. The molecule has 0 aliphatic rings. The molecule has 0 unspecified atom stereocenters. The molecule has 0 aliphatic heterocycles. The van der Waals surface area contributed by atoms with Gasteiger partial charge >= 0.3 is 5.91 Å². The molecule has 2 N–H and O–H groups in total. The van der Waals surface area contributed by atoms with E-state index < -0.39 is 11.8 Å². The van der Waals surface area contributed by atoms with E-state index in [0.29, 0.717) is 16.8 Å². The SMILES string of the molecule is C=C(C)C(=O)NN=[N+](NC(=O)C(=C)C)c1ccccc1. The number of carbonyl (C=O) groups excluding carboxylic acids is 2. The molecule has 6 heteroatoms. The number of hydrazine groups is 1. The quantitative estimate of drug-likeness (QED) is 0.373. The van der Waals surface area contributed by atoms with Gasteiger partial charge in [0.05, 0.1) is 0 Å². The predicted molar refractivity (Wildman–Crippen MR) is 74.7 cm³/mol. The van der Waals surface area contributed by atoms with Gasteiger partial charge in [0.2, 0.25) is 0 Å². The van der Waals surface area contributed by atoms with Crippen LogP contribution in [0.4, 0.5) is 5.69 Å². The molecule has 1 aromatic carbocycles. The van der Waals surface area contributed by atoms with Crippen LogP contribution >= 0.6 is 0 Å². The molecule has 0 bridgehead atoms. The summed E-state index contributed by atoms with van der Waals surface area (Å²) in [6, 6.07) is 8.86. The second-order valence-electron chi connectivity index (χ2n) is 4.19. The van der Waals surface area contributed by atoms with Gasteiger partial charge in [-0.15, -0.1) is 5.43 Å². The van der Waals surface area contributed by atoms with Crippen molar-refractivity contribution in [3.8, 4) is 0 Å². The first-order valence-corrected chi connectivity index (χ1v) is 5.90. The van der Waals surface area contributed by atoms with E-state index in [-0.39, 0.29) is 0 Å². The Labute approximate surface area is 117 Å². The van der Waals surface area contributed by atoms with Crippen LogP contribution in [0.15, 0.2) is 59.9 Å². The van der Waals surface area contributed by atoms with Crippen molar-refractivity contribution >= 4 is 17.5 Å². The van der Waals surface area contributed by atoms with E-state index in [2.05, 4.69) is 29.2 Å². The Morgan fingerprint density at radius 2 is 1.60 bits per heavy atom. The number of hydrogen-bond acceptors (Lipinski definition) is 3. The normalized spacial score (nSPS) is 10.6. The number of amides is 2. The van der Waals surface area contributed by atoms with Gasteiger partial charge in [-0.05, 0) is 30.8 Å². The fourth-order valence-electron chi connectivity index (χ4n) is 1.10. The van der Waals surface area contributed by atoms with Crippen LogP contribution in [0.3, 0.4) is 0 Å². The molecule has 0 aromatic heterocycles. The predicted octanol–water partition coefficient (Wildman–Crippen LogP) is 2.00. The topological polar surface area (TPSA) is 73.6 Å². The van der Waals surface area contributed by atoms with Crippen LogP contribution in [0.2, 0.25) is 0 Å². The summed E-state index contributed by atoms with van der Waals surface area (Å²) >= 11 is 0. The third-order valence-electron chi connectivity index (χ3n) is 2.23. The van der Waals surface area contributed by atoms with Crippen molar-refractivity contribution in [1.29, 1.82) is 0 Å². The van der Waals surface area contributed by atoms with Gasteiger partial charge in [-0.1, -0.05) is 31.4 Å². The molecule has 0 heterocycles. The number of benzene rings is 1. The number of rotatable bonds is 5. The molecule has 104 valence electrons. The van der Waals surface area contributed by atoms with Crippen molar-refractivity contribution in [2.24, 2.45) is 5.22 Å². The van der Waals surface area contributed by atoms with Gasteiger partial charge in [-0.3, -0.25) is 4.79 Å². The summed E-state index contributed by atoms with van der Waals surface area (Å²) in [5.74, 6) is -0.835. The van der Waals surface area contributed by atoms with E-state index in [9.17, 15) is 9.59 Å². The van der Waals surface area contributed by atoms with E-state index >= 15 is 0 Å². The first kappa shape index (κ1) is 15.3. The number of para-hydroxylation sites is 1. The zero-order valence-electron chi connectivity index (χ0n) is 11.5. The second-order valence-corrected chi connectivity index (χ2v) is 4.19. The lowest BCUT2D eigenvalue weighted by Gasteiger charge is -2.05. The van der Waals surface area contributed by atoms with E-state index in [4.69, 9.17) is 0 Å². The highest BCUT2D eigenvalue weighted by Gasteiger charge is 2.14. The zero-order valence-corrected chi connectivity index (χ0v) is 11.5. The van der Waals surface area contributed by atoms with Gasteiger partial charge < -0.3 is 0 Å². The Morgan fingerprint density at radius 1 is 1.05 bits per heavy atom. The molecular formula is C14H17N4O2+. The van der Waals surface area contributed by atoms with E-state index in [1.54, 1.807) is 38.1 Å². The van der Waals surface area contributed by atoms with Crippen molar-refractivity contribution in [3.05, 3.63) is 54.6 Å². The lowest BCUT2D eigenvalue weighted by Crippen LogP contribution is -2.33. The Balaban J connectivity index is 2.99. The largest absolute Gasteiger partial charge is 0.353 e. The molecule has 1 rings (SSSR count). The molecule has 0 radical (unpaired) electrons. The third kappa shape index (κ3) is 4.49. The average molecular weight is 273 g/mol. The van der Waals surface area contributed by atoms with Crippen molar-refractivity contribution in [2.75, 3.05) is 0 Å². The van der Waals surface area contributed by atoms with Gasteiger partial charge in [0, 0.05) is 11.1 Å². The molecular weight excluding hydrogens is 256 g/mol. The summed E-state index contributed by atoms with van der Waals surface area (Å²) in [6.45, 7) is 10.2. The molecule has 0 aliphatic carbocycles. The van der Waals surface area contributed by atoms with E-state index in [1.807, 2.05) is 6.07 Å². The first-order valence-electron chi connectivity index (χ1n) is 5.90. The third-order valence-corrected chi connectivity index (χ3v) is 2.23. The van der Waals surface area contributed by atoms with Crippen molar-refractivity contribution < 1.29 is 14.4 Å². The molecule has 0 spiro atoms. The Bertz CT molecular complexity index is 576. The summed E-state index contributed by atoms with van der Waals surface area (Å²) in [5, 5.41) is 3.84. The maximum Gasteiger partial charge on any atom is 0.353 e. The molecule has 0 atom stereocenters. The highest BCUT2D eigenvalue weighted by molar-refractivity contribution is 5.92. The minimum atomic E-state index is -0.435. The smallest absolute Gasteiger partial charge is 0.266 e. The number of carbonyl (C=O) groups is 2. The molecule has 6 nitrogen and oxygen atoms in total. The second kappa shape index (κ2) is 6.98. The maximum absolute atomic E-state index is 11.7. The van der Waals surface area contributed by atoms with E-state index in [1.165, 1.54) is 0 Å². The molecule has 0 saturated heterocycles. The molecule has 1 aromatic rings. The number of nitrogens with zero attached hydrogens (tertiary/aromatic N) is 2. The fourth-order valence-corrected chi connectivity index (χ4v) is 1.10. The van der Waals surface area contributed by atoms with Crippen LogP contribution in [0.25, 0.3) is 0 Å². The Kier molecular flexibility index (Phi) is 5.34. The monoisotopic (exact) mass is 273 g/mol. The standard InChI is InChI=1S/C14H16N4O2/c1-10(2)13(19)15-17-18(16-14(20)11(3)4)12-8-6-5-7-9-12/h5-9H,1,3H2,2,4H3,(H,16,20)/p+1. The number of hydrogen-bond donors (Lipinski definition) is 2. The average Bonchev–Trinajstić information content (AvgIpc) is 2.43. The van der Waals surface area contributed by atoms with Crippen LogP contribution in [-0.2, 0) is 9.59 Å². The van der Waals surface area contributed by atoms with Gasteiger partial charge in [0.15, 0.2) is 5.69 Å². The lowest BCUT2D eigenvalue weighted by molar-refractivity contribution is -0.564. The van der Waals surface area contributed by atoms with Crippen LogP contribution < -0.4 is 10.9 Å². The van der Waals surface area contributed by atoms with E-state index in [0.717, 1.165) is 4.81 Å². The van der Waals surface area contributed by atoms with Crippen LogP contribution in [0.5, 0.6) is 0 Å². The molecule has 0 saturated carbocycles.